The summed E-state index contributed by atoms with van der Waals surface area (Å²) in [5, 5.41) is 11.2. The van der Waals surface area contributed by atoms with Gasteiger partial charge in [0, 0.05) is 34.5 Å². The summed E-state index contributed by atoms with van der Waals surface area (Å²) in [5.41, 5.74) is 1.93. The van der Waals surface area contributed by atoms with Gasteiger partial charge in [-0.25, -0.2) is 44.7 Å². The highest BCUT2D eigenvalue weighted by Crippen LogP contribution is 2.26. The molecule has 0 saturated carbocycles. The maximum Gasteiger partial charge on any atom is 0.426 e. The molecule has 2 atom stereocenters. The van der Waals surface area contributed by atoms with Crippen molar-refractivity contribution in [2.75, 3.05) is 10.6 Å². The predicted molar refractivity (Wildman–Crippen MR) is 217 cm³/mol. The fourth-order valence-corrected chi connectivity index (χ4v) is 7.36. The third-order valence-electron chi connectivity index (χ3n) is 9.14. The zero-order chi connectivity index (χ0) is 43.4. The maximum atomic E-state index is 13.9. The molecule has 0 unspecified atom stereocenters. The molecule has 0 radical (unpaired) electrons. The standard InChI is InChI=1S/C24H19F2N3O5S.C17H16FN3O3S/c1-15(29-14-13-20-21(26)3-2-4-22(20)29)23(30)27-17-7-11-19(12-8-17)35(32,33)28-24(31)34-18-9-5-16(25)6-10-18;1-11(21-10-9-14-15(18)3-2-4-16(14)21)17(22)20-12-5-7-13(8-6-12)25(19,23)24/h2-15H,1H3,(H,27,30)(H,28,31);2-11H,1H3,(H,20,22)(H2,19,23,24)/t15-;11-/m11/s1. The average Bonchev–Trinajstić information content (AvgIpc) is 3.85. The predicted octanol–water partition coefficient (Wildman–Crippen LogP) is 7.22. The first-order valence-electron chi connectivity index (χ1n) is 17.8. The van der Waals surface area contributed by atoms with Crippen molar-refractivity contribution in [2.24, 2.45) is 5.14 Å². The van der Waals surface area contributed by atoms with Crippen molar-refractivity contribution in [1.29, 1.82) is 0 Å². The SMILES string of the molecule is C[C@H](C(=O)Nc1ccc(S(=O)(=O)NC(=O)Oc2ccc(F)cc2)cc1)n1ccc2c(F)cccc21.C[C@H](C(=O)Nc1ccc(S(N)(=O)=O)cc1)n1ccc2c(F)cccc21. The van der Waals surface area contributed by atoms with Crippen molar-refractivity contribution in [1.82, 2.24) is 13.9 Å². The van der Waals surface area contributed by atoms with E-state index in [2.05, 4.69) is 10.6 Å². The Hall–Kier alpha value is -6.96. The van der Waals surface area contributed by atoms with Gasteiger partial charge in [0.25, 0.3) is 10.0 Å². The molecule has 0 aliphatic carbocycles. The van der Waals surface area contributed by atoms with E-state index in [1.54, 1.807) is 76.5 Å². The summed E-state index contributed by atoms with van der Waals surface area (Å²) in [6, 6.07) is 26.4. The van der Waals surface area contributed by atoms with Gasteiger partial charge in [0.15, 0.2) is 0 Å². The first-order chi connectivity index (χ1) is 28.4. The fraction of sp³-hybridized carbons (Fsp3) is 0.0976. The number of sulfonamides is 2. The van der Waals surface area contributed by atoms with Crippen LogP contribution in [-0.4, -0.2) is 43.9 Å². The van der Waals surface area contributed by atoms with Crippen molar-refractivity contribution in [3.8, 4) is 5.75 Å². The van der Waals surface area contributed by atoms with E-state index in [0.717, 1.165) is 12.1 Å². The molecule has 5 aromatic carbocycles. The summed E-state index contributed by atoms with van der Waals surface area (Å²) in [4.78, 5) is 36.8. The minimum atomic E-state index is -4.26. The molecule has 19 heteroatoms. The lowest BCUT2D eigenvalue weighted by molar-refractivity contribution is -0.119. The molecular formula is C41H35F3N6O8S2. The fourth-order valence-electron chi connectivity index (χ4n) is 5.97. The first-order valence-corrected chi connectivity index (χ1v) is 20.8. The van der Waals surface area contributed by atoms with Gasteiger partial charge in [0.1, 0.15) is 35.3 Å². The number of fused-ring (bicyclic) bond motifs is 2. The lowest BCUT2D eigenvalue weighted by Crippen LogP contribution is -2.33. The Morgan fingerprint density at radius 1 is 0.600 bits per heavy atom. The van der Waals surface area contributed by atoms with E-state index >= 15 is 0 Å². The smallest absolute Gasteiger partial charge is 0.410 e. The second kappa shape index (κ2) is 17.5. The molecule has 2 aromatic heterocycles. The van der Waals surface area contributed by atoms with Crippen LogP contribution >= 0.6 is 0 Å². The van der Waals surface area contributed by atoms with Crippen LogP contribution in [0.4, 0.5) is 29.3 Å². The van der Waals surface area contributed by atoms with Crippen LogP contribution in [0.25, 0.3) is 21.8 Å². The van der Waals surface area contributed by atoms with Crippen molar-refractivity contribution in [3.05, 3.63) is 151 Å². The van der Waals surface area contributed by atoms with E-state index in [0.29, 0.717) is 33.2 Å². The number of aromatic nitrogens is 2. The lowest BCUT2D eigenvalue weighted by Gasteiger charge is -2.16. The van der Waals surface area contributed by atoms with Crippen LogP contribution in [0.1, 0.15) is 25.9 Å². The topological polar surface area (TPSA) is 201 Å². The third kappa shape index (κ3) is 9.83. The van der Waals surface area contributed by atoms with Crippen molar-refractivity contribution in [3.63, 3.8) is 0 Å². The van der Waals surface area contributed by atoms with Gasteiger partial charge in [0.2, 0.25) is 21.8 Å². The molecule has 310 valence electrons. The summed E-state index contributed by atoms with van der Waals surface area (Å²) < 4.78 is 97.9. The van der Waals surface area contributed by atoms with Crippen molar-refractivity contribution in [2.45, 2.75) is 35.7 Å². The molecule has 0 aliphatic rings. The third-order valence-corrected chi connectivity index (χ3v) is 11.4. The van der Waals surface area contributed by atoms with Gasteiger partial charge in [0.05, 0.1) is 20.8 Å². The van der Waals surface area contributed by atoms with E-state index in [4.69, 9.17) is 9.88 Å². The van der Waals surface area contributed by atoms with Gasteiger partial charge in [-0.05, 0) is 123 Å². The number of nitrogens with zero attached hydrogens (tertiary/aromatic N) is 2. The number of anilines is 2. The number of hydrogen-bond donors (Lipinski definition) is 4. The van der Waals surface area contributed by atoms with Gasteiger partial charge in [-0.1, -0.05) is 12.1 Å². The number of ether oxygens (including phenoxy) is 1. The highest BCUT2D eigenvalue weighted by molar-refractivity contribution is 7.90. The molecule has 0 aliphatic heterocycles. The molecular weight excluding hydrogens is 826 g/mol. The summed E-state index contributed by atoms with van der Waals surface area (Å²) in [5.74, 6) is -2.02. The Morgan fingerprint density at radius 2 is 1.03 bits per heavy atom. The molecule has 3 amide bonds. The first kappa shape index (κ1) is 42.6. The summed E-state index contributed by atoms with van der Waals surface area (Å²) >= 11 is 0. The Labute approximate surface area is 341 Å². The van der Waals surface area contributed by atoms with Crippen LogP contribution < -0.4 is 25.2 Å². The van der Waals surface area contributed by atoms with Gasteiger partial charge in [-0.3, -0.25) is 9.59 Å². The normalized spacial score (nSPS) is 12.5. The second-order valence-electron chi connectivity index (χ2n) is 13.2. The second-order valence-corrected chi connectivity index (χ2v) is 16.4. The monoisotopic (exact) mass is 860 g/mol. The molecule has 7 aromatic rings. The van der Waals surface area contributed by atoms with Crippen LogP contribution in [0.3, 0.4) is 0 Å². The van der Waals surface area contributed by atoms with Crippen molar-refractivity contribution < 1.29 is 49.1 Å². The van der Waals surface area contributed by atoms with Crippen LogP contribution in [0, 0.1) is 17.5 Å². The number of nitrogens with one attached hydrogen (secondary N) is 3. The zero-order valence-corrected chi connectivity index (χ0v) is 33.2. The highest BCUT2D eigenvalue weighted by Gasteiger charge is 2.22. The van der Waals surface area contributed by atoms with E-state index in [9.17, 15) is 44.4 Å². The van der Waals surface area contributed by atoms with E-state index < -0.39 is 49.9 Å². The summed E-state index contributed by atoms with van der Waals surface area (Å²) in [7, 11) is -8.04. The molecule has 60 heavy (non-hydrogen) atoms. The number of nitrogens with two attached hydrogens (primary N) is 1. The number of amides is 3. The molecule has 0 spiro atoms. The quantitative estimate of drug-likeness (QED) is 0.110. The Morgan fingerprint density at radius 3 is 1.47 bits per heavy atom. The molecule has 0 fully saturated rings. The Kier molecular flexibility index (Phi) is 12.4. The maximum absolute atomic E-state index is 13.9. The van der Waals surface area contributed by atoms with E-state index in [1.165, 1.54) is 72.8 Å². The molecule has 14 nitrogen and oxygen atoms in total. The van der Waals surface area contributed by atoms with Crippen LogP contribution in [0.2, 0.25) is 0 Å². The average molecular weight is 861 g/mol. The number of rotatable bonds is 10. The van der Waals surface area contributed by atoms with Crippen LogP contribution in [-0.2, 0) is 29.6 Å². The van der Waals surface area contributed by atoms with Gasteiger partial charge in [-0.2, -0.15) is 0 Å². The largest absolute Gasteiger partial charge is 0.426 e. The summed E-state index contributed by atoms with van der Waals surface area (Å²) in [6.07, 6.45) is 2.00. The highest BCUT2D eigenvalue weighted by atomic mass is 32.2. The van der Waals surface area contributed by atoms with Gasteiger partial charge >= 0.3 is 6.09 Å². The van der Waals surface area contributed by atoms with Crippen LogP contribution in [0.5, 0.6) is 5.75 Å². The molecule has 0 bridgehead atoms. The van der Waals surface area contributed by atoms with Crippen LogP contribution in [0.15, 0.2) is 144 Å². The number of primary sulfonamides is 1. The Bertz CT molecular complexity index is 2940. The minimum Gasteiger partial charge on any atom is -0.410 e. The van der Waals surface area contributed by atoms with Gasteiger partial charge in [-0.15, -0.1) is 0 Å². The minimum absolute atomic E-state index is 0.0366. The zero-order valence-electron chi connectivity index (χ0n) is 31.5. The number of hydrogen-bond acceptors (Lipinski definition) is 8. The van der Waals surface area contributed by atoms with E-state index in [1.807, 2.05) is 0 Å². The van der Waals surface area contributed by atoms with E-state index in [-0.39, 0.29) is 33.1 Å². The molecule has 0 saturated heterocycles. The lowest BCUT2D eigenvalue weighted by atomic mass is 10.2. The van der Waals surface area contributed by atoms with Gasteiger partial charge < -0.3 is 24.5 Å². The summed E-state index contributed by atoms with van der Waals surface area (Å²) in [6.45, 7) is 3.34. The van der Waals surface area contributed by atoms with Crippen molar-refractivity contribution >= 4 is 71.1 Å². The number of carbonyl (C=O) groups excluding carboxylic acids is 3. The number of benzene rings is 5. The Balaban J connectivity index is 0.000000213. The molecule has 5 N–H and O–H groups in total. The number of halogens is 3. The molecule has 7 rings (SSSR count). The number of carbonyl (C=O) groups is 3. The molecule has 2 heterocycles.